The second-order valence-corrected chi connectivity index (χ2v) is 8.50. The largest absolute Gasteiger partial charge is 0.343 e. The summed E-state index contributed by atoms with van der Waals surface area (Å²) >= 11 is 6.71. The zero-order valence-electron chi connectivity index (χ0n) is 15.5. The molecular weight excluding hydrogens is 376 g/mol. The second-order valence-electron chi connectivity index (χ2n) is 6.82. The average molecular weight is 401 g/mol. The maximum atomic E-state index is 12.7. The highest BCUT2D eigenvalue weighted by Crippen LogP contribution is 2.32. The van der Waals surface area contributed by atoms with Gasteiger partial charge in [0.05, 0.1) is 4.91 Å². The first kappa shape index (κ1) is 19.8. The van der Waals surface area contributed by atoms with E-state index in [-0.39, 0.29) is 11.8 Å². The molecule has 2 aliphatic heterocycles. The molecular formula is C21H24N2O2S2. The lowest BCUT2D eigenvalue weighted by Gasteiger charge is -2.17. The molecule has 2 aliphatic rings. The Hall–Kier alpha value is -1.92. The minimum Gasteiger partial charge on any atom is -0.343 e. The van der Waals surface area contributed by atoms with Crippen LogP contribution in [0, 0.1) is 0 Å². The van der Waals surface area contributed by atoms with E-state index in [1.54, 1.807) is 4.90 Å². The SMILES string of the molecule is CC(=Cc1ccccc1)C=C1SC(=S)N(CCCC(=O)N2CCCC2)C1=O. The molecule has 0 bridgehead atoms. The molecule has 142 valence electrons. The van der Waals surface area contributed by atoms with Gasteiger partial charge in [0, 0.05) is 26.1 Å². The smallest absolute Gasteiger partial charge is 0.266 e. The summed E-state index contributed by atoms with van der Waals surface area (Å²) < 4.78 is 0.576. The van der Waals surface area contributed by atoms with E-state index in [1.165, 1.54) is 11.8 Å². The molecule has 1 aromatic rings. The molecule has 0 N–H and O–H groups in total. The van der Waals surface area contributed by atoms with Gasteiger partial charge in [-0.3, -0.25) is 14.5 Å². The van der Waals surface area contributed by atoms with E-state index < -0.39 is 0 Å². The highest BCUT2D eigenvalue weighted by atomic mass is 32.2. The number of benzene rings is 1. The van der Waals surface area contributed by atoms with E-state index in [2.05, 4.69) is 0 Å². The topological polar surface area (TPSA) is 40.6 Å². The molecule has 0 saturated carbocycles. The van der Waals surface area contributed by atoms with Crippen molar-refractivity contribution >= 4 is 46.2 Å². The van der Waals surface area contributed by atoms with Crippen molar-refractivity contribution in [2.45, 2.75) is 32.6 Å². The van der Waals surface area contributed by atoms with Crippen LogP contribution >= 0.6 is 24.0 Å². The van der Waals surface area contributed by atoms with Crippen molar-refractivity contribution in [2.24, 2.45) is 0 Å². The predicted molar refractivity (Wildman–Crippen MR) is 115 cm³/mol. The maximum Gasteiger partial charge on any atom is 0.266 e. The van der Waals surface area contributed by atoms with E-state index >= 15 is 0 Å². The molecule has 2 heterocycles. The first-order valence-corrected chi connectivity index (χ1v) is 10.5. The van der Waals surface area contributed by atoms with E-state index in [9.17, 15) is 9.59 Å². The standard InChI is InChI=1S/C21H24N2O2S2/c1-16(14-17-8-3-2-4-9-17)15-18-20(25)23(21(26)27-18)13-7-10-19(24)22-11-5-6-12-22/h2-4,8-9,14-15H,5-7,10-13H2,1H3. The van der Waals surface area contributed by atoms with E-state index in [0.717, 1.165) is 37.1 Å². The van der Waals surface area contributed by atoms with Gasteiger partial charge in [-0.1, -0.05) is 60.4 Å². The van der Waals surface area contributed by atoms with Crippen LogP contribution in [0.1, 0.15) is 38.2 Å². The number of thioether (sulfide) groups is 1. The van der Waals surface area contributed by atoms with Crippen LogP contribution in [0.25, 0.3) is 6.08 Å². The number of carbonyl (C=O) groups is 2. The fourth-order valence-corrected chi connectivity index (χ4v) is 4.62. The molecule has 6 heteroatoms. The monoisotopic (exact) mass is 400 g/mol. The minimum absolute atomic E-state index is 0.0561. The van der Waals surface area contributed by atoms with E-state index in [0.29, 0.717) is 28.6 Å². The summed E-state index contributed by atoms with van der Waals surface area (Å²) in [5, 5.41) is 0. The van der Waals surface area contributed by atoms with Gasteiger partial charge in [-0.25, -0.2) is 0 Å². The Kier molecular flexibility index (Phi) is 6.85. The summed E-state index contributed by atoms with van der Waals surface area (Å²) in [4.78, 5) is 29.0. The zero-order valence-corrected chi connectivity index (χ0v) is 17.2. The van der Waals surface area contributed by atoms with Crippen LogP contribution in [0.4, 0.5) is 0 Å². The highest BCUT2D eigenvalue weighted by Gasteiger charge is 2.31. The summed E-state index contributed by atoms with van der Waals surface area (Å²) in [6.45, 7) is 4.22. The van der Waals surface area contributed by atoms with Gasteiger partial charge in [-0.2, -0.15) is 0 Å². The quantitative estimate of drug-likeness (QED) is 0.529. The molecule has 0 radical (unpaired) electrons. The van der Waals surface area contributed by atoms with Gasteiger partial charge in [0.2, 0.25) is 5.91 Å². The third kappa shape index (κ3) is 5.30. The number of allylic oxidation sites excluding steroid dienone is 2. The van der Waals surface area contributed by atoms with E-state index in [1.807, 2.05) is 54.3 Å². The average Bonchev–Trinajstić information content (AvgIpc) is 3.27. The molecule has 27 heavy (non-hydrogen) atoms. The molecule has 1 aromatic carbocycles. The summed E-state index contributed by atoms with van der Waals surface area (Å²) in [6.07, 6.45) is 7.25. The fourth-order valence-electron chi connectivity index (χ4n) is 3.27. The number of hydrogen-bond acceptors (Lipinski definition) is 4. The normalized spacial score (nSPS) is 19.4. The number of hydrogen-bond donors (Lipinski definition) is 0. The van der Waals surface area contributed by atoms with Gasteiger partial charge >= 0.3 is 0 Å². The van der Waals surface area contributed by atoms with Crippen molar-refractivity contribution in [3.63, 3.8) is 0 Å². The summed E-state index contributed by atoms with van der Waals surface area (Å²) in [5.41, 5.74) is 2.10. The first-order chi connectivity index (χ1) is 13.0. The number of carbonyl (C=O) groups excluding carboxylic acids is 2. The molecule has 2 fully saturated rings. The Bertz CT molecular complexity index is 781. The fraction of sp³-hybridized carbons (Fsp3) is 0.381. The number of thiocarbonyl (C=S) groups is 1. The van der Waals surface area contributed by atoms with Gasteiger partial charge in [0.1, 0.15) is 4.32 Å². The molecule has 3 rings (SSSR count). The van der Waals surface area contributed by atoms with Gasteiger partial charge in [0.15, 0.2) is 0 Å². The molecule has 0 aromatic heterocycles. The van der Waals surface area contributed by atoms with Gasteiger partial charge in [-0.05, 0) is 43.4 Å². The molecule has 0 atom stereocenters. The molecule has 4 nitrogen and oxygen atoms in total. The number of likely N-dealkylation sites (tertiary alicyclic amines) is 1. The first-order valence-electron chi connectivity index (χ1n) is 9.31. The Morgan fingerprint density at radius 3 is 2.63 bits per heavy atom. The molecule has 0 unspecified atom stereocenters. The minimum atomic E-state index is -0.0561. The number of nitrogens with zero attached hydrogens (tertiary/aromatic N) is 2. The van der Waals surface area contributed by atoms with Crippen molar-refractivity contribution in [3.8, 4) is 0 Å². The lowest BCUT2D eigenvalue weighted by Crippen LogP contribution is -2.31. The second kappa shape index (κ2) is 9.33. The predicted octanol–water partition coefficient (Wildman–Crippen LogP) is 4.24. The Labute approximate surface area is 170 Å². The van der Waals surface area contributed by atoms with Crippen LogP contribution in [-0.4, -0.2) is 45.6 Å². The summed E-state index contributed by atoms with van der Waals surface area (Å²) in [5.74, 6) is 0.134. The maximum absolute atomic E-state index is 12.7. The van der Waals surface area contributed by atoms with Crippen molar-refractivity contribution in [3.05, 3.63) is 52.4 Å². The zero-order chi connectivity index (χ0) is 19.2. The summed E-state index contributed by atoms with van der Waals surface area (Å²) in [7, 11) is 0. The van der Waals surface area contributed by atoms with Crippen molar-refractivity contribution in [2.75, 3.05) is 19.6 Å². The molecule has 0 spiro atoms. The Morgan fingerprint density at radius 1 is 1.22 bits per heavy atom. The lowest BCUT2D eigenvalue weighted by atomic mass is 10.1. The highest BCUT2D eigenvalue weighted by molar-refractivity contribution is 8.26. The third-order valence-corrected chi connectivity index (χ3v) is 6.04. The Balaban J connectivity index is 1.56. The van der Waals surface area contributed by atoms with Gasteiger partial charge < -0.3 is 4.90 Å². The van der Waals surface area contributed by atoms with E-state index in [4.69, 9.17) is 12.2 Å². The van der Waals surface area contributed by atoms with Crippen molar-refractivity contribution < 1.29 is 9.59 Å². The van der Waals surface area contributed by atoms with Crippen LogP contribution in [0.3, 0.4) is 0 Å². The summed E-state index contributed by atoms with van der Waals surface area (Å²) in [6, 6.07) is 10.0. The number of amides is 2. The van der Waals surface area contributed by atoms with Crippen LogP contribution in [0.2, 0.25) is 0 Å². The van der Waals surface area contributed by atoms with Gasteiger partial charge in [-0.15, -0.1) is 0 Å². The molecule has 2 saturated heterocycles. The van der Waals surface area contributed by atoms with Crippen LogP contribution in [0.15, 0.2) is 46.9 Å². The van der Waals surface area contributed by atoms with Crippen LogP contribution < -0.4 is 0 Å². The van der Waals surface area contributed by atoms with Gasteiger partial charge in [0.25, 0.3) is 5.91 Å². The molecule has 2 amide bonds. The van der Waals surface area contributed by atoms with Crippen molar-refractivity contribution in [1.82, 2.24) is 9.80 Å². The number of rotatable bonds is 6. The third-order valence-electron chi connectivity index (χ3n) is 4.66. The van der Waals surface area contributed by atoms with Crippen molar-refractivity contribution in [1.29, 1.82) is 0 Å². The molecule has 0 aliphatic carbocycles. The van der Waals surface area contributed by atoms with Crippen LogP contribution in [0.5, 0.6) is 0 Å². The lowest BCUT2D eigenvalue weighted by molar-refractivity contribution is -0.130. The van der Waals surface area contributed by atoms with Crippen LogP contribution in [-0.2, 0) is 9.59 Å². The Morgan fingerprint density at radius 2 is 1.93 bits per heavy atom.